The third-order valence-corrected chi connectivity index (χ3v) is 2.17. The molecular weight excluding hydrogens is 242 g/mol. The van der Waals surface area contributed by atoms with Gasteiger partial charge in [0.2, 0.25) is 0 Å². The minimum Gasteiger partial charge on any atom is -0.306 e. The predicted octanol–water partition coefficient (Wildman–Crippen LogP) is 1.81. The Balaban J connectivity index is 2.25. The smallest absolute Gasteiger partial charge is 0.259 e. The number of carbonyl (C=O) groups is 1. The number of halogens is 2. The van der Waals surface area contributed by atoms with E-state index in [-0.39, 0.29) is 16.9 Å². The minimum atomic E-state index is -0.981. The van der Waals surface area contributed by atoms with E-state index < -0.39 is 17.5 Å². The highest BCUT2D eigenvalue weighted by atomic mass is 19.1. The van der Waals surface area contributed by atoms with Gasteiger partial charge in [0, 0.05) is 6.07 Å². The molecule has 90 valence electrons. The van der Waals surface area contributed by atoms with Crippen LogP contribution in [0.25, 0.3) is 0 Å². The van der Waals surface area contributed by atoms with Crippen LogP contribution in [0.2, 0.25) is 0 Å². The second-order valence-corrected chi connectivity index (χ2v) is 3.35. The Labute approximate surface area is 100 Å². The van der Waals surface area contributed by atoms with Crippen LogP contribution in [0.3, 0.4) is 0 Å². The number of nitrogens with zero attached hydrogens (tertiary/aromatic N) is 2. The number of H-pyrrole nitrogens is 1. The number of amides is 1. The summed E-state index contributed by atoms with van der Waals surface area (Å²) in [6, 6.07) is 4.38. The van der Waals surface area contributed by atoms with Crippen LogP contribution >= 0.6 is 0 Å². The molecule has 0 spiro atoms. The number of benzene rings is 1. The Morgan fingerprint density at radius 3 is 2.89 bits per heavy atom. The Bertz CT molecular complexity index is 645. The minimum absolute atomic E-state index is 0.0613. The van der Waals surface area contributed by atoms with E-state index >= 15 is 0 Å². The van der Waals surface area contributed by atoms with Crippen LogP contribution < -0.4 is 5.32 Å². The van der Waals surface area contributed by atoms with E-state index in [4.69, 9.17) is 5.26 Å². The molecule has 0 saturated heterocycles. The van der Waals surface area contributed by atoms with Crippen molar-refractivity contribution in [1.29, 1.82) is 5.26 Å². The molecular formula is C11H6F2N4O. The van der Waals surface area contributed by atoms with Crippen molar-refractivity contribution in [2.24, 2.45) is 0 Å². The van der Waals surface area contributed by atoms with Crippen molar-refractivity contribution >= 4 is 11.7 Å². The summed E-state index contributed by atoms with van der Waals surface area (Å²) >= 11 is 0. The fraction of sp³-hybridized carbons (Fsp3) is 0. The number of hydrogen-bond donors (Lipinski definition) is 2. The van der Waals surface area contributed by atoms with Crippen molar-refractivity contribution in [3.05, 3.63) is 47.2 Å². The highest BCUT2D eigenvalue weighted by Crippen LogP contribution is 2.14. The average Bonchev–Trinajstić information content (AvgIpc) is 2.76. The lowest BCUT2D eigenvalue weighted by molar-refractivity contribution is 0.102. The molecule has 0 aliphatic rings. The summed E-state index contributed by atoms with van der Waals surface area (Å²) in [5.41, 5.74) is -0.208. The first-order chi connectivity index (χ1) is 8.61. The number of anilines is 1. The molecule has 0 aliphatic carbocycles. The average molecular weight is 248 g/mol. The third-order valence-electron chi connectivity index (χ3n) is 2.17. The van der Waals surface area contributed by atoms with E-state index in [0.29, 0.717) is 6.07 Å². The molecule has 2 aromatic rings. The molecule has 0 aliphatic heterocycles. The van der Waals surface area contributed by atoms with Gasteiger partial charge in [0.1, 0.15) is 29.1 Å². The number of rotatable bonds is 2. The van der Waals surface area contributed by atoms with E-state index in [2.05, 4.69) is 15.5 Å². The van der Waals surface area contributed by atoms with Crippen LogP contribution in [0.4, 0.5) is 14.6 Å². The van der Waals surface area contributed by atoms with E-state index in [1.807, 2.05) is 0 Å². The second kappa shape index (κ2) is 4.63. The van der Waals surface area contributed by atoms with Gasteiger partial charge >= 0.3 is 0 Å². The molecule has 1 aromatic heterocycles. The summed E-state index contributed by atoms with van der Waals surface area (Å²) in [5, 5.41) is 16.9. The van der Waals surface area contributed by atoms with Gasteiger partial charge in [-0.2, -0.15) is 10.4 Å². The number of nitrogens with one attached hydrogen (secondary N) is 2. The lowest BCUT2D eigenvalue weighted by Crippen LogP contribution is -2.15. The molecule has 7 heteroatoms. The van der Waals surface area contributed by atoms with Crippen molar-refractivity contribution < 1.29 is 13.6 Å². The fourth-order valence-electron chi connectivity index (χ4n) is 1.32. The molecule has 2 N–H and O–H groups in total. The monoisotopic (exact) mass is 248 g/mol. The lowest BCUT2D eigenvalue weighted by atomic mass is 10.2. The van der Waals surface area contributed by atoms with Crippen molar-refractivity contribution in [2.75, 3.05) is 5.32 Å². The highest BCUT2D eigenvalue weighted by molar-refractivity contribution is 6.04. The Morgan fingerprint density at radius 2 is 2.22 bits per heavy atom. The van der Waals surface area contributed by atoms with Gasteiger partial charge in [0.15, 0.2) is 0 Å². The van der Waals surface area contributed by atoms with Crippen LogP contribution in [0.15, 0.2) is 24.4 Å². The summed E-state index contributed by atoms with van der Waals surface area (Å²) in [4.78, 5) is 11.7. The van der Waals surface area contributed by atoms with Crippen LogP contribution in [0, 0.1) is 23.0 Å². The zero-order chi connectivity index (χ0) is 13.1. The number of nitriles is 1. The van der Waals surface area contributed by atoms with Crippen LogP contribution in [0.5, 0.6) is 0 Å². The lowest BCUT2D eigenvalue weighted by Gasteiger charge is -2.04. The van der Waals surface area contributed by atoms with E-state index in [1.54, 1.807) is 6.07 Å². The van der Waals surface area contributed by atoms with Crippen LogP contribution in [-0.2, 0) is 0 Å². The number of aromatic amines is 1. The standard InChI is InChI=1S/C11H6F2N4O/c12-7-1-2-8(9(13)3-7)11(18)16-10-6(4-14)5-15-17-10/h1-3,5H,(H2,15,16,17,18). The Morgan fingerprint density at radius 1 is 1.44 bits per heavy atom. The maximum atomic E-state index is 13.3. The quantitative estimate of drug-likeness (QED) is 0.850. The van der Waals surface area contributed by atoms with Crippen molar-refractivity contribution in [2.45, 2.75) is 0 Å². The van der Waals surface area contributed by atoms with E-state index in [0.717, 1.165) is 12.1 Å². The molecule has 18 heavy (non-hydrogen) atoms. The van der Waals surface area contributed by atoms with E-state index in [1.165, 1.54) is 6.20 Å². The van der Waals surface area contributed by atoms with Crippen LogP contribution in [-0.4, -0.2) is 16.1 Å². The van der Waals surface area contributed by atoms with Crippen molar-refractivity contribution in [1.82, 2.24) is 10.2 Å². The second-order valence-electron chi connectivity index (χ2n) is 3.35. The van der Waals surface area contributed by atoms with Crippen LogP contribution in [0.1, 0.15) is 15.9 Å². The van der Waals surface area contributed by atoms with E-state index in [9.17, 15) is 13.6 Å². The molecule has 0 saturated carbocycles. The van der Waals surface area contributed by atoms with Gasteiger partial charge in [-0.05, 0) is 12.1 Å². The molecule has 0 bridgehead atoms. The maximum Gasteiger partial charge on any atom is 0.259 e. The van der Waals surface area contributed by atoms with Gasteiger partial charge < -0.3 is 5.32 Å². The van der Waals surface area contributed by atoms with Gasteiger partial charge in [0.05, 0.1) is 11.8 Å². The summed E-state index contributed by atoms with van der Waals surface area (Å²) < 4.78 is 26.0. The third kappa shape index (κ3) is 2.17. The summed E-state index contributed by atoms with van der Waals surface area (Å²) in [5.74, 6) is -2.49. The fourth-order valence-corrected chi connectivity index (χ4v) is 1.32. The van der Waals surface area contributed by atoms with Gasteiger partial charge in [0.25, 0.3) is 5.91 Å². The summed E-state index contributed by atoms with van der Waals surface area (Å²) in [6.45, 7) is 0. The normalized spacial score (nSPS) is 9.83. The first kappa shape index (κ1) is 11.7. The zero-order valence-corrected chi connectivity index (χ0v) is 8.87. The summed E-state index contributed by atoms with van der Waals surface area (Å²) in [6.07, 6.45) is 1.22. The maximum absolute atomic E-state index is 13.3. The highest BCUT2D eigenvalue weighted by Gasteiger charge is 2.15. The van der Waals surface area contributed by atoms with Gasteiger partial charge in [-0.15, -0.1) is 0 Å². The molecule has 0 radical (unpaired) electrons. The molecule has 0 unspecified atom stereocenters. The van der Waals surface area contributed by atoms with Gasteiger partial charge in [-0.25, -0.2) is 8.78 Å². The summed E-state index contributed by atoms with van der Waals surface area (Å²) in [7, 11) is 0. The topological polar surface area (TPSA) is 81.6 Å². The van der Waals surface area contributed by atoms with Crippen molar-refractivity contribution in [3.63, 3.8) is 0 Å². The first-order valence-corrected chi connectivity index (χ1v) is 4.81. The molecule has 2 rings (SSSR count). The predicted molar refractivity (Wildman–Crippen MR) is 57.6 cm³/mol. The molecule has 1 aromatic carbocycles. The molecule has 0 atom stereocenters. The Hall–Kier alpha value is -2.75. The first-order valence-electron chi connectivity index (χ1n) is 4.81. The number of hydrogen-bond acceptors (Lipinski definition) is 3. The zero-order valence-electron chi connectivity index (χ0n) is 8.87. The molecule has 5 nitrogen and oxygen atoms in total. The molecule has 1 amide bonds. The Kier molecular flexibility index (Phi) is 3.02. The SMILES string of the molecule is N#Cc1cn[nH]c1NC(=O)c1ccc(F)cc1F. The van der Waals surface area contributed by atoms with Gasteiger partial charge in [-0.1, -0.05) is 0 Å². The van der Waals surface area contributed by atoms with Crippen molar-refractivity contribution in [3.8, 4) is 6.07 Å². The molecule has 0 fully saturated rings. The number of aromatic nitrogens is 2. The number of carbonyl (C=O) groups excluding carboxylic acids is 1. The van der Waals surface area contributed by atoms with Gasteiger partial charge in [-0.3, -0.25) is 9.89 Å². The molecule has 1 heterocycles. The largest absolute Gasteiger partial charge is 0.306 e.